The second kappa shape index (κ2) is 30.5. The second-order valence-electron chi connectivity index (χ2n) is 33.4. The SMILES string of the molecule is c1ccc(-c2ccc(-c3ccccc3N(c3ccc(-c4cccc(-n5c6ccccc6c6cc(-c7cc8cc(-c9ccc(N(c%10ccc(-c%11cccc(-n%12c%13ccccc%13c%13ccccc%13%12)c%11)cc%10)c%10ccc(-c%11ccc%12c(c%11)oc%11ccccc%11%12)cc%10)cc9)ccc8c8ccccc78)ccc65)c4)cc3)c3ccc(-c4ccc5c(c4)oc4ccccc45)cc3)cc2)cc1. The normalized spacial score (nSPS) is 11.8. The highest BCUT2D eigenvalue weighted by molar-refractivity contribution is 6.17. The predicted octanol–water partition coefficient (Wildman–Crippen LogP) is 34.3. The van der Waals surface area contributed by atoms with Gasteiger partial charge in [-0.3, -0.25) is 0 Å². The fourth-order valence-electron chi connectivity index (χ4n) is 19.9. The Bertz CT molecular complexity index is 8600. The van der Waals surface area contributed by atoms with E-state index in [9.17, 15) is 0 Å². The van der Waals surface area contributed by atoms with Gasteiger partial charge in [-0.25, -0.2) is 0 Å². The Morgan fingerprint density at radius 3 is 0.984 bits per heavy atom. The lowest BCUT2D eigenvalue weighted by molar-refractivity contribution is 0.668. The van der Waals surface area contributed by atoms with Gasteiger partial charge < -0.3 is 27.8 Å². The number of hydrogen-bond donors (Lipinski definition) is 0. The van der Waals surface area contributed by atoms with Gasteiger partial charge in [-0.2, -0.15) is 0 Å². The molecule has 25 rings (SSSR count). The molecule has 598 valence electrons. The zero-order valence-electron chi connectivity index (χ0n) is 69.6. The molecule has 0 spiro atoms. The van der Waals surface area contributed by atoms with Gasteiger partial charge in [0.1, 0.15) is 22.3 Å². The van der Waals surface area contributed by atoms with Crippen molar-refractivity contribution in [2.45, 2.75) is 0 Å². The van der Waals surface area contributed by atoms with Gasteiger partial charge in [0, 0.05) is 88.5 Å². The van der Waals surface area contributed by atoms with Crippen LogP contribution in [0.4, 0.5) is 34.1 Å². The van der Waals surface area contributed by atoms with E-state index < -0.39 is 0 Å². The maximum absolute atomic E-state index is 6.38. The fraction of sp³-hybridized carbons (Fsp3) is 0. The molecule has 0 bridgehead atoms. The van der Waals surface area contributed by atoms with Gasteiger partial charge in [0.2, 0.25) is 0 Å². The number of anilines is 6. The van der Waals surface area contributed by atoms with Crippen LogP contribution in [0.3, 0.4) is 0 Å². The van der Waals surface area contributed by atoms with Crippen molar-refractivity contribution in [2.24, 2.45) is 0 Å². The summed E-state index contributed by atoms with van der Waals surface area (Å²) in [6, 6.07) is 173. The summed E-state index contributed by atoms with van der Waals surface area (Å²) in [4.78, 5) is 4.76. The minimum atomic E-state index is 0.881. The zero-order chi connectivity index (χ0) is 84.3. The Morgan fingerprint density at radius 1 is 0.156 bits per heavy atom. The Labute approximate surface area is 739 Å². The maximum Gasteiger partial charge on any atom is 0.136 e. The molecular weight excluding hydrogens is 1550 g/mol. The molecule has 21 aromatic carbocycles. The highest BCUT2D eigenvalue weighted by Gasteiger charge is 2.24. The molecule has 6 heteroatoms. The zero-order valence-corrected chi connectivity index (χ0v) is 69.6. The molecule has 0 unspecified atom stereocenters. The molecule has 0 radical (unpaired) electrons. The van der Waals surface area contributed by atoms with E-state index in [0.717, 1.165) is 173 Å². The molecule has 0 saturated heterocycles. The molecule has 0 N–H and O–H groups in total. The fourth-order valence-corrected chi connectivity index (χ4v) is 19.9. The second-order valence-corrected chi connectivity index (χ2v) is 33.4. The number of rotatable bonds is 16. The van der Waals surface area contributed by atoms with Gasteiger partial charge in [-0.1, -0.05) is 303 Å². The van der Waals surface area contributed by atoms with Gasteiger partial charge in [0.15, 0.2) is 0 Å². The van der Waals surface area contributed by atoms with E-state index in [4.69, 9.17) is 8.83 Å². The third kappa shape index (κ3) is 12.7. The number of para-hydroxylation sites is 6. The third-order valence-corrected chi connectivity index (χ3v) is 26.1. The number of aromatic nitrogens is 2. The summed E-state index contributed by atoms with van der Waals surface area (Å²) < 4.78 is 17.6. The molecule has 6 nitrogen and oxygen atoms in total. The molecule has 4 aromatic heterocycles. The molecule has 0 saturated carbocycles. The number of fused-ring (bicyclic) bond motifs is 15. The number of hydrogen-bond acceptors (Lipinski definition) is 4. The first-order valence-corrected chi connectivity index (χ1v) is 43.8. The van der Waals surface area contributed by atoms with Crippen LogP contribution in [-0.2, 0) is 0 Å². The molecule has 0 amide bonds. The topological polar surface area (TPSA) is 42.6 Å². The van der Waals surface area contributed by atoms with Crippen molar-refractivity contribution in [1.82, 2.24) is 9.13 Å². The van der Waals surface area contributed by atoms with E-state index in [1.54, 1.807) is 0 Å². The minimum Gasteiger partial charge on any atom is -0.456 e. The smallest absolute Gasteiger partial charge is 0.136 e. The van der Waals surface area contributed by atoms with Crippen LogP contribution in [0.1, 0.15) is 0 Å². The highest BCUT2D eigenvalue weighted by Crippen LogP contribution is 2.48. The van der Waals surface area contributed by atoms with E-state index in [1.165, 1.54) is 70.8 Å². The summed E-state index contributed by atoms with van der Waals surface area (Å²) in [5.41, 5.74) is 35.0. The molecular formula is C122H78N4O2. The Kier molecular flexibility index (Phi) is 17.5. The lowest BCUT2D eigenvalue weighted by Gasteiger charge is -2.28. The van der Waals surface area contributed by atoms with E-state index in [1.807, 2.05) is 24.3 Å². The summed E-state index contributed by atoms with van der Waals surface area (Å²) in [7, 11) is 0. The van der Waals surface area contributed by atoms with Gasteiger partial charge in [0.25, 0.3) is 0 Å². The standard InChI is InChI=1S/C122H78N4O2/c1-2-20-79(21-3-1)80-40-42-86(43-41-80)102-26-6-12-34-114(102)124(98-66-52-85(53-67-98)91-56-70-111-109-33-11-17-39-120(109)128-122(111)78-91)97-64-50-82(51-65-97)88-23-19-25-100(74-88)126-117-37-15-9-31-107(117)113-75-92(57-71-118(113)126)112-76-93-72-89(54-68-101(93)103-27-4-5-28-104(103)112)83-46-60-95(61-47-83)123(96-62-48-84(49-63-96)90-55-69-110-108-32-10-16-38-119(108)127-121(110)77-90)94-58-44-81(45-59-94)87-22-18-24-99(73-87)125-115-35-13-7-29-105(115)106-30-8-14-36-116(106)125/h1-78H. The van der Waals surface area contributed by atoms with E-state index in [-0.39, 0.29) is 0 Å². The molecule has 0 aliphatic heterocycles. The van der Waals surface area contributed by atoms with E-state index in [2.05, 4.69) is 468 Å². The first-order valence-electron chi connectivity index (χ1n) is 43.8. The maximum atomic E-state index is 6.38. The first kappa shape index (κ1) is 73.6. The van der Waals surface area contributed by atoms with Crippen molar-refractivity contribution in [2.75, 3.05) is 9.80 Å². The average Bonchev–Trinajstić information content (AvgIpc) is 1.61. The summed E-state index contributed by atoms with van der Waals surface area (Å²) in [6.45, 7) is 0. The minimum absolute atomic E-state index is 0.881. The van der Waals surface area contributed by atoms with Crippen LogP contribution in [-0.4, -0.2) is 9.13 Å². The van der Waals surface area contributed by atoms with Crippen molar-refractivity contribution < 1.29 is 8.83 Å². The molecule has 4 heterocycles. The van der Waals surface area contributed by atoms with Gasteiger partial charge in [-0.15, -0.1) is 0 Å². The van der Waals surface area contributed by atoms with Gasteiger partial charge >= 0.3 is 0 Å². The van der Waals surface area contributed by atoms with Crippen LogP contribution in [0.25, 0.3) is 209 Å². The molecule has 0 aliphatic rings. The lowest BCUT2D eigenvalue weighted by Crippen LogP contribution is -2.11. The Morgan fingerprint density at radius 2 is 0.484 bits per heavy atom. The molecule has 0 atom stereocenters. The highest BCUT2D eigenvalue weighted by atomic mass is 16.3. The van der Waals surface area contributed by atoms with E-state index >= 15 is 0 Å². The van der Waals surface area contributed by atoms with Crippen molar-refractivity contribution in [3.05, 3.63) is 473 Å². The van der Waals surface area contributed by atoms with Crippen LogP contribution < -0.4 is 9.80 Å². The average molecular weight is 1630 g/mol. The van der Waals surface area contributed by atoms with E-state index in [0.29, 0.717) is 0 Å². The largest absolute Gasteiger partial charge is 0.456 e. The third-order valence-electron chi connectivity index (χ3n) is 26.1. The molecule has 0 fully saturated rings. The molecule has 25 aromatic rings. The van der Waals surface area contributed by atoms with Crippen molar-refractivity contribution >= 4 is 143 Å². The van der Waals surface area contributed by atoms with Crippen LogP contribution >= 0.6 is 0 Å². The molecule has 0 aliphatic carbocycles. The Hall–Kier alpha value is -17.1. The van der Waals surface area contributed by atoms with Crippen LogP contribution in [0, 0.1) is 0 Å². The number of nitrogens with zero attached hydrogens (tertiary/aromatic N) is 4. The van der Waals surface area contributed by atoms with Gasteiger partial charge in [-0.05, 0) is 275 Å². The van der Waals surface area contributed by atoms with Crippen molar-refractivity contribution in [1.29, 1.82) is 0 Å². The van der Waals surface area contributed by atoms with Crippen molar-refractivity contribution in [3.63, 3.8) is 0 Å². The summed E-state index contributed by atoms with van der Waals surface area (Å²) in [5, 5.41) is 14.2. The molecule has 128 heavy (non-hydrogen) atoms. The lowest BCUT2D eigenvalue weighted by atomic mass is 9.91. The number of benzene rings is 21. The Balaban J connectivity index is 0.532. The van der Waals surface area contributed by atoms with Crippen LogP contribution in [0.5, 0.6) is 0 Å². The summed E-state index contributed by atoms with van der Waals surface area (Å²) in [6.07, 6.45) is 0. The number of furan rings is 2. The quantitative estimate of drug-likeness (QED) is 0.0904. The summed E-state index contributed by atoms with van der Waals surface area (Å²) in [5.74, 6) is 0. The monoisotopic (exact) mass is 1630 g/mol. The van der Waals surface area contributed by atoms with Crippen LogP contribution in [0.15, 0.2) is 482 Å². The van der Waals surface area contributed by atoms with Crippen LogP contribution in [0.2, 0.25) is 0 Å². The predicted molar refractivity (Wildman–Crippen MR) is 538 cm³/mol. The van der Waals surface area contributed by atoms with Gasteiger partial charge in [0.05, 0.1) is 27.8 Å². The van der Waals surface area contributed by atoms with Crippen molar-refractivity contribution in [3.8, 4) is 100 Å². The summed E-state index contributed by atoms with van der Waals surface area (Å²) >= 11 is 0. The first-order chi connectivity index (χ1) is 63.4.